The highest BCUT2D eigenvalue weighted by molar-refractivity contribution is 6.53. The second kappa shape index (κ2) is 5.44. The van der Waals surface area contributed by atoms with E-state index in [2.05, 4.69) is 24.3 Å². The van der Waals surface area contributed by atoms with Gasteiger partial charge in [-0.2, -0.15) is 0 Å². The molecule has 0 N–H and O–H groups in total. The molecule has 1 rings (SSSR count). The van der Waals surface area contributed by atoms with Crippen LogP contribution in [0.15, 0.2) is 30.3 Å². The van der Waals surface area contributed by atoms with Gasteiger partial charge in [0.1, 0.15) is 10.5 Å². The average Bonchev–Trinajstić information content (AvgIpc) is 2.07. The number of hydrogen-bond donors (Lipinski definition) is 0. The predicted octanol–water partition coefficient (Wildman–Crippen LogP) is -2.29. The van der Waals surface area contributed by atoms with Crippen LogP contribution < -0.4 is 5.19 Å². The van der Waals surface area contributed by atoms with Crippen molar-refractivity contribution < 1.29 is 8.23 Å². The third kappa shape index (κ3) is 3.63. The van der Waals surface area contributed by atoms with Gasteiger partial charge in [0.2, 0.25) is 0 Å². The van der Waals surface area contributed by atoms with Gasteiger partial charge >= 0.3 is 0 Å². The predicted molar refractivity (Wildman–Crippen MR) is 55.3 cm³/mol. The fourth-order valence-corrected chi connectivity index (χ4v) is 4.72. The Labute approximate surface area is 74.5 Å². The Morgan fingerprint density at radius 3 is 2.55 bits per heavy atom. The van der Waals surface area contributed by atoms with Gasteiger partial charge in [0.05, 0.1) is 0 Å². The molecule has 0 radical (unpaired) electrons. The van der Waals surface area contributed by atoms with Crippen LogP contribution in [-0.2, 0) is 8.23 Å². The van der Waals surface area contributed by atoms with E-state index in [4.69, 9.17) is 8.23 Å². The maximum Gasteiger partial charge on any atom is 0.283 e. The molecular weight excluding hydrogens is 188 g/mol. The van der Waals surface area contributed by atoms with Gasteiger partial charge in [0, 0.05) is 0 Å². The van der Waals surface area contributed by atoms with E-state index in [9.17, 15) is 0 Å². The van der Waals surface area contributed by atoms with E-state index in [1.807, 2.05) is 6.07 Å². The molecule has 0 unspecified atom stereocenters. The summed E-state index contributed by atoms with van der Waals surface area (Å²) in [5.74, 6) is 0. The van der Waals surface area contributed by atoms with Crippen molar-refractivity contribution in [2.24, 2.45) is 0 Å². The standard InChI is InChI=1S/C6H12O2Si3/c9-7-11-8-10-6-4-2-1-3-5-6/h1-5H,10-11H2,9H3. The zero-order chi connectivity index (χ0) is 7.94. The van der Waals surface area contributed by atoms with Crippen molar-refractivity contribution in [2.75, 3.05) is 0 Å². The molecule has 1 aromatic rings. The molecular formula is C6H12O2Si3. The Balaban J connectivity index is 2.28. The number of rotatable bonds is 4. The molecule has 0 bridgehead atoms. The van der Waals surface area contributed by atoms with Gasteiger partial charge < -0.3 is 8.23 Å². The molecule has 0 spiro atoms. The molecule has 0 fully saturated rings. The number of benzene rings is 1. The fourth-order valence-electron chi connectivity index (χ4n) is 0.817. The van der Waals surface area contributed by atoms with E-state index in [0.717, 1.165) is 10.5 Å². The first-order chi connectivity index (χ1) is 5.43. The Kier molecular flexibility index (Phi) is 4.40. The van der Waals surface area contributed by atoms with Gasteiger partial charge in [0.25, 0.3) is 10.0 Å². The molecule has 0 aliphatic rings. The molecule has 0 atom stereocenters. The van der Waals surface area contributed by atoms with Crippen LogP contribution in [0.25, 0.3) is 0 Å². The van der Waals surface area contributed by atoms with Gasteiger partial charge in [0.15, 0.2) is 9.76 Å². The third-order valence-corrected chi connectivity index (χ3v) is 4.54. The summed E-state index contributed by atoms with van der Waals surface area (Å²) in [4.78, 5) is 0. The molecule has 5 heteroatoms. The molecule has 0 aromatic heterocycles. The summed E-state index contributed by atoms with van der Waals surface area (Å²) in [6.45, 7) is 0. The second-order valence-electron chi connectivity index (χ2n) is 2.24. The Bertz CT molecular complexity index is 192. The Morgan fingerprint density at radius 1 is 1.18 bits per heavy atom. The molecule has 0 saturated carbocycles. The van der Waals surface area contributed by atoms with Crippen molar-refractivity contribution in [3.63, 3.8) is 0 Å². The molecule has 0 heterocycles. The van der Waals surface area contributed by atoms with Crippen molar-refractivity contribution in [1.82, 2.24) is 0 Å². The van der Waals surface area contributed by atoms with Gasteiger partial charge in [-0.05, 0) is 5.19 Å². The zero-order valence-electron chi connectivity index (χ0n) is 6.62. The quantitative estimate of drug-likeness (QED) is 0.402. The lowest BCUT2D eigenvalue weighted by Crippen LogP contribution is -2.19. The molecule has 0 aliphatic heterocycles. The monoisotopic (exact) mass is 200 g/mol. The Hall–Kier alpha value is -0.209. The van der Waals surface area contributed by atoms with Crippen LogP contribution in [0.2, 0.25) is 0 Å². The minimum Gasteiger partial charge on any atom is -0.449 e. The van der Waals surface area contributed by atoms with Crippen LogP contribution in [0, 0.1) is 0 Å². The van der Waals surface area contributed by atoms with Crippen LogP contribution >= 0.6 is 0 Å². The largest absolute Gasteiger partial charge is 0.449 e. The number of hydrogen-bond acceptors (Lipinski definition) is 2. The molecule has 0 saturated heterocycles. The summed E-state index contributed by atoms with van der Waals surface area (Å²) in [6.07, 6.45) is 0. The van der Waals surface area contributed by atoms with Gasteiger partial charge in [-0.3, -0.25) is 0 Å². The smallest absolute Gasteiger partial charge is 0.283 e. The van der Waals surface area contributed by atoms with Gasteiger partial charge in [-0.15, -0.1) is 0 Å². The molecule has 0 aliphatic carbocycles. The third-order valence-electron chi connectivity index (χ3n) is 1.31. The zero-order valence-corrected chi connectivity index (χ0v) is 11.4. The topological polar surface area (TPSA) is 18.5 Å². The van der Waals surface area contributed by atoms with Crippen molar-refractivity contribution in [2.45, 2.75) is 0 Å². The first-order valence-electron chi connectivity index (χ1n) is 3.54. The van der Waals surface area contributed by atoms with E-state index in [-0.39, 0.29) is 0 Å². The van der Waals surface area contributed by atoms with Crippen LogP contribution in [0.4, 0.5) is 0 Å². The lowest BCUT2D eigenvalue weighted by atomic mass is 10.4. The summed E-state index contributed by atoms with van der Waals surface area (Å²) in [6, 6.07) is 10.4. The molecule has 0 amide bonds. The second-order valence-corrected chi connectivity index (χ2v) is 7.52. The van der Waals surface area contributed by atoms with Crippen molar-refractivity contribution >= 4 is 35.4 Å². The minimum absolute atomic E-state index is 0.463. The summed E-state index contributed by atoms with van der Waals surface area (Å²) in [5.41, 5.74) is 0. The van der Waals surface area contributed by atoms with Crippen molar-refractivity contribution in [3.05, 3.63) is 30.3 Å². The van der Waals surface area contributed by atoms with E-state index >= 15 is 0 Å². The van der Waals surface area contributed by atoms with Gasteiger partial charge in [-0.25, -0.2) is 0 Å². The first-order valence-corrected chi connectivity index (χ1v) is 6.79. The highest BCUT2D eigenvalue weighted by Gasteiger charge is 1.90. The van der Waals surface area contributed by atoms with Gasteiger partial charge in [-0.1, -0.05) is 30.3 Å². The lowest BCUT2D eigenvalue weighted by molar-refractivity contribution is 0.507. The minimum atomic E-state index is -0.599. The van der Waals surface area contributed by atoms with E-state index in [1.54, 1.807) is 0 Å². The summed E-state index contributed by atoms with van der Waals surface area (Å²) >= 11 is 0. The maximum atomic E-state index is 5.46. The van der Waals surface area contributed by atoms with Crippen LogP contribution in [0.5, 0.6) is 0 Å². The maximum absolute atomic E-state index is 5.46. The normalized spacial score (nSPS) is 12.4. The first kappa shape index (κ1) is 8.88. The molecule has 2 nitrogen and oxygen atoms in total. The Morgan fingerprint density at radius 2 is 1.91 bits per heavy atom. The molecule has 60 valence electrons. The van der Waals surface area contributed by atoms with Crippen LogP contribution in [0.1, 0.15) is 0 Å². The fraction of sp³-hybridized carbons (Fsp3) is 0. The summed E-state index contributed by atoms with van der Waals surface area (Å²) < 4.78 is 10.5. The van der Waals surface area contributed by atoms with Crippen molar-refractivity contribution in [3.8, 4) is 0 Å². The highest BCUT2D eigenvalue weighted by atomic mass is 28.3. The van der Waals surface area contributed by atoms with Crippen LogP contribution in [0.3, 0.4) is 0 Å². The SMILES string of the molecule is [SiH3]O[SiH2]O[SiH2]c1ccccc1. The molecule has 1 aromatic carbocycles. The van der Waals surface area contributed by atoms with E-state index in [0.29, 0.717) is 0 Å². The van der Waals surface area contributed by atoms with E-state index in [1.165, 1.54) is 5.19 Å². The lowest BCUT2D eigenvalue weighted by Gasteiger charge is -2.00. The van der Waals surface area contributed by atoms with Crippen molar-refractivity contribution in [1.29, 1.82) is 0 Å². The van der Waals surface area contributed by atoms with Crippen LogP contribution in [-0.4, -0.2) is 30.3 Å². The average molecular weight is 200 g/mol. The summed E-state index contributed by atoms with van der Waals surface area (Å²) in [5, 5.41) is 1.36. The van der Waals surface area contributed by atoms with E-state index < -0.39 is 19.8 Å². The highest BCUT2D eigenvalue weighted by Crippen LogP contribution is 1.81. The summed E-state index contributed by atoms with van der Waals surface area (Å²) in [7, 11) is -0.238. The molecule has 11 heavy (non-hydrogen) atoms.